The Morgan fingerprint density at radius 1 is 1.61 bits per heavy atom. The first kappa shape index (κ1) is 17.7. The molecule has 0 spiro atoms. The van der Waals surface area contributed by atoms with Gasteiger partial charge in [-0.25, -0.2) is 0 Å². The van der Waals surface area contributed by atoms with Crippen LogP contribution >= 0.6 is 0 Å². The summed E-state index contributed by atoms with van der Waals surface area (Å²) < 4.78 is 0. The van der Waals surface area contributed by atoms with Gasteiger partial charge in [0.25, 0.3) is 0 Å². The quantitative estimate of drug-likeness (QED) is 0.611. The number of hydrogen-bond acceptors (Lipinski definition) is 4. The summed E-state index contributed by atoms with van der Waals surface area (Å²) in [6.07, 6.45) is 13.1. The highest BCUT2D eigenvalue weighted by molar-refractivity contribution is 5.92. The first-order chi connectivity index (χ1) is 10.8. The van der Waals surface area contributed by atoms with Gasteiger partial charge in [0.2, 0.25) is 0 Å². The Kier molecular flexibility index (Phi) is 4.95. The van der Waals surface area contributed by atoms with E-state index in [2.05, 4.69) is 10.8 Å². The van der Waals surface area contributed by atoms with Crippen LogP contribution in [0.25, 0.3) is 0 Å². The zero-order valence-corrected chi connectivity index (χ0v) is 14.0. The predicted octanol–water partition coefficient (Wildman–Crippen LogP) is 1.46. The van der Waals surface area contributed by atoms with Gasteiger partial charge < -0.3 is 15.1 Å². The van der Waals surface area contributed by atoms with E-state index in [9.17, 15) is 9.90 Å². The molecule has 3 atom stereocenters. The van der Waals surface area contributed by atoms with E-state index in [4.69, 9.17) is 11.5 Å². The lowest BCUT2D eigenvalue weighted by molar-refractivity contribution is -0.139. The molecule has 124 valence electrons. The largest absolute Gasteiger partial charge is 0.392 e. The number of piperidine rings is 1. The molecular formula is C19H25NO3. The molecule has 23 heavy (non-hydrogen) atoms. The van der Waals surface area contributed by atoms with E-state index >= 15 is 0 Å². The second-order valence-corrected chi connectivity index (χ2v) is 6.58. The number of likely N-dealkylation sites (N-methyl/N-ethyl adjacent to an activating group) is 1. The van der Waals surface area contributed by atoms with E-state index in [1.54, 1.807) is 18.2 Å². The van der Waals surface area contributed by atoms with E-state index in [0.29, 0.717) is 12.0 Å². The normalized spacial score (nSPS) is 35.8. The summed E-state index contributed by atoms with van der Waals surface area (Å²) in [5, 5.41) is 20.5. The number of nitrogens with zero attached hydrogens (tertiary/aromatic N) is 1. The Morgan fingerprint density at radius 2 is 2.30 bits per heavy atom. The predicted molar refractivity (Wildman–Crippen MR) is 90.6 cm³/mol. The molecule has 0 aromatic heterocycles. The van der Waals surface area contributed by atoms with Crippen LogP contribution in [0.4, 0.5) is 0 Å². The fourth-order valence-electron chi connectivity index (χ4n) is 3.96. The maximum Gasteiger partial charge on any atom is 0.156 e. The average Bonchev–Trinajstić information content (AvgIpc) is 2.52. The molecule has 0 aromatic carbocycles. The van der Waals surface area contributed by atoms with Gasteiger partial charge in [0.1, 0.15) is 5.60 Å². The molecule has 1 saturated heterocycles. The maximum absolute atomic E-state index is 12.1. The summed E-state index contributed by atoms with van der Waals surface area (Å²) >= 11 is 0. The van der Waals surface area contributed by atoms with E-state index in [1.807, 2.05) is 20.9 Å². The van der Waals surface area contributed by atoms with Crippen molar-refractivity contribution in [2.75, 3.05) is 20.2 Å². The van der Waals surface area contributed by atoms with Crippen molar-refractivity contribution < 1.29 is 15.0 Å². The lowest BCUT2D eigenvalue weighted by atomic mass is 9.55. The van der Waals surface area contributed by atoms with Gasteiger partial charge in [0, 0.05) is 23.5 Å². The van der Waals surface area contributed by atoms with Crippen LogP contribution < -0.4 is 0 Å². The number of carbonyl (C=O) groups excluding carboxylic acids is 1. The molecule has 0 bridgehead atoms. The third-order valence-electron chi connectivity index (χ3n) is 5.45. The number of hydrogen-bond donors (Lipinski definition) is 2. The first-order valence-electron chi connectivity index (χ1n) is 7.92. The number of fused-ring (bicyclic) bond motifs is 1. The Balaban J connectivity index is 2.67. The summed E-state index contributed by atoms with van der Waals surface area (Å²) in [6, 6.07) is -0.154. The van der Waals surface area contributed by atoms with Crippen molar-refractivity contribution in [3.05, 3.63) is 35.5 Å². The maximum atomic E-state index is 12.1. The molecule has 0 radical (unpaired) electrons. The second-order valence-electron chi connectivity index (χ2n) is 6.58. The van der Waals surface area contributed by atoms with Crippen LogP contribution in [0.1, 0.15) is 26.7 Å². The minimum absolute atomic E-state index is 0.0156. The zero-order chi connectivity index (χ0) is 17.3. The number of terminal acetylenes is 1. The lowest BCUT2D eigenvalue weighted by Gasteiger charge is -2.57. The third kappa shape index (κ3) is 2.70. The van der Waals surface area contributed by atoms with E-state index in [0.717, 1.165) is 12.1 Å². The van der Waals surface area contributed by atoms with Crippen LogP contribution in [0, 0.1) is 17.8 Å². The second kappa shape index (κ2) is 6.45. The van der Waals surface area contributed by atoms with Crippen LogP contribution in [-0.4, -0.2) is 52.7 Å². The Hall–Kier alpha value is -1.67. The molecule has 3 unspecified atom stereocenters. The molecule has 1 fully saturated rings. The van der Waals surface area contributed by atoms with Crippen molar-refractivity contribution in [3.63, 3.8) is 0 Å². The summed E-state index contributed by atoms with van der Waals surface area (Å²) in [5.41, 5.74) is -0.519. The topological polar surface area (TPSA) is 60.8 Å². The van der Waals surface area contributed by atoms with E-state index in [-0.39, 0.29) is 24.9 Å². The fraction of sp³-hybridized carbons (Fsp3) is 0.526. The smallest absolute Gasteiger partial charge is 0.156 e. The number of rotatable bonds is 3. The minimum Gasteiger partial charge on any atom is -0.392 e. The summed E-state index contributed by atoms with van der Waals surface area (Å²) in [6.45, 7) is 4.50. The van der Waals surface area contributed by atoms with Crippen LogP contribution in [0.2, 0.25) is 0 Å². The molecule has 1 aliphatic heterocycles. The average molecular weight is 315 g/mol. The highest BCUT2D eigenvalue weighted by Gasteiger charge is 2.59. The third-order valence-corrected chi connectivity index (χ3v) is 5.45. The number of aliphatic hydroxyl groups is 2. The molecule has 1 heterocycles. The van der Waals surface area contributed by atoms with Crippen molar-refractivity contribution in [1.29, 1.82) is 0 Å². The first-order valence-corrected chi connectivity index (χ1v) is 7.92. The van der Waals surface area contributed by atoms with Crippen LogP contribution in [-0.2, 0) is 4.79 Å². The highest BCUT2D eigenvalue weighted by Crippen LogP contribution is 2.54. The van der Waals surface area contributed by atoms with Crippen LogP contribution in [0.5, 0.6) is 0 Å². The number of allylic oxidation sites excluding steroid dienone is 3. The van der Waals surface area contributed by atoms with Gasteiger partial charge in [-0.3, -0.25) is 4.79 Å². The Labute approximate surface area is 138 Å². The fourth-order valence-corrected chi connectivity index (χ4v) is 3.96. The van der Waals surface area contributed by atoms with Gasteiger partial charge in [0.15, 0.2) is 5.78 Å². The number of ketones is 1. The zero-order valence-electron chi connectivity index (χ0n) is 14.0. The number of likely N-dealkylation sites (tertiary alicyclic amines) is 1. The minimum atomic E-state index is -1.19. The summed E-state index contributed by atoms with van der Waals surface area (Å²) in [4.78, 5) is 14.2. The Bertz CT molecular complexity index is 625. The van der Waals surface area contributed by atoms with Gasteiger partial charge in [-0.05, 0) is 51.6 Å². The van der Waals surface area contributed by atoms with Gasteiger partial charge in [0.05, 0.1) is 6.61 Å². The van der Waals surface area contributed by atoms with Crippen LogP contribution in [0.15, 0.2) is 35.5 Å². The standard InChI is InChI=1S/C19H25NO3/c1-5-17(14(2)7-6-12-21)18-10-11-20(4)15(3)19(18,23)9-8-16(22)13-18/h1,6-9,15,21,23H,10-13H2,2-4H3/b7-6-,17-14+. The molecule has 0 aromatic rings. The molecule has 4 nitrogen and oxygen atoms in total. The molecule has 2 rings (SSSR count). The van der Waals surface area contributed by atoms with Crippen molar-refractivity contribution in [1.82, 2.24) is 4.90 Å². The monoisotopic (exact) mass is 315 g/mol. The van der Waals surface area contributed by atoms with Crippen molar-refractivity contribution in [2.24, 2.45) is 5.41 Å². The molecule has 4 heteroatoms. The van der Waals surface area contributed by atoms with Crippen molar-refractivity contribution in [2.45, 2.75) is 38.3 Å². The van der Waals surface area contributed by atoms with E-state index < -0.39 is 11.0 Å². The van der Waals surface area contributed by atoms with Gasteiger partial charge in [-0.15, -0.1) is 6.42 Å². The molecular weight excluding hydrogens is 290 g/mol. The number of carbonyl (C=O) groups is 1. The van der Waals surface area contributed by atoms with Crippen molar-refractivity contribution >= 4 is 5.78 Å². The summed E-state index contributed by atoms with van der Waals surface area (Å²) in [5.74, 6) is 2.72. The molecule has 2 N–H and O–H groups in total. The molecule has 2 aliphatic rings. The highest BCUT2D eigenvalue weighted by atomic mass is 16.3. The molecule has 0 saturated carbocycles. The van der Waals surface area contributed by atoms with E-state index in [1.165, 1.54) is 6.08 Å². The van der Waals surface area contributed by atoms with Crippen molar-refractivity contribution in [3.8, 4) is 12.3 Å². The van der Waals surface area contributed by atoms with Gasteiger partial charge in [-0.2, -0.15) is 0 Å². The summed E-state index contributed by atoms with van der Waals surface area (Å²) in [7, 11) is 1.97. The number of aliphatic hydroxyl groups excluding tert-OH is 1. The molecule has 1 aliphatic carbocycles. The lowest BCUT2D eigenvalue weighted by Crippen LogP contribution is -2.66. The van der Waals surface area contributed by atoms with Crippen LogP contribution in [0.3, 0.4) is 0 Å². The Morgan fingerprint density at radius 3 is 2.91 bits per heavy atom. The van der Waals surface area contributed by atoms with Gasteiger partial charge >= 0.3 is 0 Å². The SMILES string of the molecule is C#C/C(=C(C)\C=C/CO)C12CCN(C)C(C)C1(O)C=CC(=O)C2. The molecule has 0 amide bonds. The van der Waals surface area contributed by atoms with Gasteiger partial charge in [-0.1, -0.05) is 18.1 Å².